The maximum Gasteiger partial charge on any atom is 0.338 e. The van der Waals surface area contributed by atoms with Crippen molar-refractivity contribution in [3.63, 3.8) is 0 Å². The minimum Gasteiger partial charge on any atom is -0.452 e. The molecule has 2 aromatic carbocycles. The van der Waals surface area contributed by atoms with Crippen molar-refractivity contribution in [1.82, 2.24) is 4.98 Å². The van der Waals surface area contributed by atoms with Crippen molar-refractivity contribution in [1.29, 1.82) is 0 Å². The van der Waals surface area contributed by atoms with Gasteiger partial charge >= 0.3 is 5.97 Å². The minimum atomic E-state index is -3.91. The predicted octanol–water partition coefficient (Wildman–Crippen LogP) is 3.75. The van der Waals surface area contributed by atoms with Crippen LogP contribution in [0.25, 0.3) is 0 Å². The molecule has 1 amide bonds. The third-order valence-corrected chi connectivity index (χ3v) is 6.56. The van der Waals surface area contributed by atoms with E-state index in [9.17, 15) is 18.0 Å². The number of amides is 1. The number of anilines is 2. The summed E-state index contributed by atoms with van der Waals surface area (Å²) >= 11 is 5.87. The summed E-state index contributed by atoms with van der Waals surface area (Å²) in [6.07, 6.45) is 1.47. The summed E-state index contributed by atoms with van der Waals surface area (Å²) in [4.78, 5) is 28.2. The van der Waals surface area contributed by atoms with E-state index < -0.39 is 28.5 Å². The molecule has 1 heterocycles. The van der Waals surface area contributed by atoms with E-state index in [0.717, 1.165) is 0 Å². The van der Waals surface area contributed by atoms with Gasteiger partial charge in [0.2, 0.25) is 0 Å². The van der Waals surface area contributed by atoms with Crippen LogP contribution in [0.3, 0.4) is 0 Å². The number of hydrogen-bond acceptors (Lipinski definition) is 6. The number of para-hydroxylation sites is 1. The second kappa shape index (κ2) is 10.3. The molecule has 0 saturated carbocycles. The molecule has 1 aromatic heterocycles. The highest BCUT2D eigenvalue weighted by atomic mass is 35.5. The van der Waals surface area contributed by atoms with Gasteiger partial charge in [-0.25, -0.2) is 18.2 Å². The molecule has 0 aliphatic heterocycles. The molecule has 0 bridgehead atoms. The van der Waals surface area contributed by atoms with Gasteiger partial charge in [0.25, 0.3) is 15.9 Å². The van der Waals surface area contributed by atoms with Gasteiger partial charge in [-0.05, 0) is 49.4 Å². The fourth-order valence-corrected chi connectivity index (χ4v) is 4.56. The third-order valence-electron chi connectivity index (χ3n) is 4.36. The van der Waals surface area contributed by atoms with E-state index >= 15 is 0 Å². The Kier molecular flexibility index (Phi) is 7.45. The lowest BCUT2D eigenvalue weighted by Crippen LogP contribution is -2.30. The molecule has 3 aromatic rings. The minimum absolute atomic E-state index is 0.00222. The van der Waals surface area contributed by atoms with E-state index in [1.807, 2.05) is 0 Å². The SMILES string of the molecule is CCN(c1ccccc1)S(=O)(=O)c1cccc(C(=O)OCC(=O)Nc2cccnc2Cl)c1. The zero-order chi connectivity index (χ0) is 23.1. The first-order chi connectivity index (χ1) is 15.3. The first-order valence-corrected chi connectivity index (χ1v) is 11.4. The molecule has 0 radical (unpaired) electrons. The molecule has 10 heteroatoms. The maximum absolute atomic E-state index is 13.1. The van der Waals surface area contributed by atoms with Crippen molar-refractivity contribution in [2.45, 2.75) is 11.8 Å². The predicted molar refractivity (Wildman–Crippen MR) is 121 cm³/mol. The number of sulfonamides is 1. The van der Waals surface area contributed by atoms with E-state index in [2.05, 4.69) is 10.3 Å². The van der Waals surface area contributed by atoms with Crippen LogP contribution in [-0.2, 0) is 19.6 Å². The van der Waals surface area contributed by atoms with Gasteiger partial charge < -0.3 is 10.1 Å². The number of halogens is 1. The Morgan fingerprint density at radius 3 is 2.50 bits per heavy atom. The summed E-state index contributed by atoms with van der Waals surface area (Å²) in [5, 5.41) is 2.58. The van der Waals surface area contributed by atoms with Crippen molar-refractivity contribution in [3.8, 4) is 0 Å². The fourth-order valence-electron chi connectivity index (χ4n) is 2.88. The lowest BCUT2D eigenvalue weighted by atomic mass is 10.2. The van der Waals surface area contributed by atoms with Crippen LogP contribution in [0.2, 0.25) is 5.15 Å². The van der Waals surface area contributed by atoms with Crippen LogP contribution in [0.5, 0.6) is 0 Å². The summed E-state index contributed by atoms with van der Waals surface area (Å²) in [5.74, 6) is -1.45. The number of rotatable bonds is 8. The van der Waals surface area contributed by atoms with Crippen molar-refractivity contribution in [3.05, 3.63) is 83.6 Å². The highest BCUT2D eigenvalue weighted by molar-refractivity contribution is 7.92. The molecule has 0 spiro atoms. The lowest BCUT2D eigenvalue weighted by Gasteiger charge is -2.23. The number of ether oxygens (including phenoxy) is 1. The number of carbonyl (C=O) groups excluding carboxylic acids is 2. The Morgan fingerprint density at radius 1 is 1.06 bits per heavy atom. The first kappa shape index (κ1) is 23.2. The molecule has 32 heavy (non-hydrogen) atoms. The molecular formula is C22H20ClN3O5S. The van der Waals surface area contributed by atoms with E-state index in [1.165, 1.54) is 34.8 Å². The molecular weight excluding hydrogens is 454 g/mol. The number of aromatic nitrogens is 1. The Hall–Kier alpha value is -3.43. The van der Waals surface area contributed by atoms with Crippen LogP contribution in [-0.4, -0.2) is 38.4 Å². The molecule has 1 N–H and O–H groups in total. The first-order valence-electron chi connectivity index (χ1n) is 9.58. The van der Waals surface area contributed by atoms with Gasteiger partial charge in [0.05, 0.1) is 21.8 Å². The molecule has 0 aliphatic carbocycles. The van der Waals surface area contributed by atoms with Gasteiger partial charge in [-0.1, -0.05) is 35.9 Å². The number of benzene rings is 2. The lowest BCUT2D eigenvalue weighted by molar-refractivity contribution is -0.119. The van der Waals surface area contributed by atoms with Crippen molar-refractivity contribution < 1.29 is 22.7 Å². The van der Waals surface area contributed by atoms with Crippen LogP contribution in [0, 0.1) is 0 Å². The quantitative estimate of drug-likeness (QED) is 0.394. The van der Waals surface area contributed by atoms with Gasteiger partial charge in [-0.2, -0.15) is 0 Å². The van der Waals surface area contributed by atoms with Gasteiger partial charge in [-0.15, -0.1) is 0 Å². The van der Waals surface area contributed by atoms with Crippen LogP contribution < -0.4 is 9.62 Å². The topological polar surface area (TPSA) is 106 Å². The summed E-state index contributed by atoms with van der Waals surface area (Å²) in [5.41, 5.74) is 0.792. The molecule has 3 rings (SSSR count). The fraction of sp³-hybridized carbons (Fsp3) is 0.136. The molecule has 8 nitrogen and oxygen atoms in total. The van der Waals surface area contributed by atoms with Gasteiger partial charge in [-0.3, -0.25) is 9.10 Å². The summed E-state index contributed by atoms with van der Waals surface area (Å²) in [7, 11) is -3.91. The number of hydrogen-bond donors (Lipinski definition) is 1. The van der Waals surface area contributed by atoms with Crippen LogP contribution in [0.4, 0.5) is 11.4 Å². The largest absolute Gasteiger partial charge is 0.452 e. The monoisotopic (exact) mass is 473 g/mol. The highest BCUT2D eigenvalue weighted by Gasteiger charge is 2.24. The molecule has 0 fully saturated rings. The molecule has 166 valence electrons. The summed E-state index contributed by atoms with van der Waals surface area (Å²) < 4.78 is 32.5. The van der Waals surface area contributed by atoms with Crippen molar-refractivity contribution in [2.24, 2.45) is 0 Å². The zero-order valence-corrected chi connectivity index (χ0v) is 18.6. The summed E-state index contributed by atoms with van der Waals surface area (Å²) in [6.45, 7) is 1.35. The van der Waals surface area contributed by atoms with Gasteiger partial charge in [0, 0.05) is 12.7 Å². The average molecular weight is 474 g/mol. The molecule has 0 unspecified atom stereocenters. The zero-order valence-electron chi connectivity index (χ0n) is 17.1. The highest BCUT2D eigenvalue weighted by Crippen LogP contribution is 2.24. The van der Waals surface area contributed by atoms with Crippen LogP contribution in [0.1, 0.15) is 17.3 Å². The van der Waals surface area contributed by atoms with Gasteiger partial charge in [0.1, 0.15) is 0 Å². The molecule has 0 saturated heterocycles. The Balaban J connectivity index is 1.71. The van der Waals surface area contributed by atoms with E-state index in [0.29, 0.717) is 5.69 Å². The van der Waals surface area contributed by atoms with Crippen LogP contribution >= 0.6 is 11.6 Å². The van der Waals surface area contributed by atoms with Crippen LogP contribution in [0.15, 0.2) is 77.8 Å². The average Bonchev–Trinajstić information content (AvgIpc) is 2.80. The van der Waals surface area contributed by atoms with E-state index in [4.69, 9.17) is 16.3 Å². The van der Waals surface area contributed by atoms with Crippen molar-refractivity contribution in [2.75, 3.05) is 22.8 Å². The van der Waals surface area contributed by atoms with Crippen molar-refractivity contribution >= 4 is 44.9 Å². The Labute approximate surface area is 190 Å². The molecule has 0 aliphatic rings. The standard InChI is InChI=1S/C22H20ClN3O5S/c1-2-26(17-9-4-3-5-10-17)32(29,30)18-11-6-8-16(14-18)22(28)31-15-20(27)25-19-12-7-13-24-21(19)23/h3-14H,2,15H2,1H3,(H,25,27). The molecule has 0 atom stereocenters. The van der Waals surface area contributed by atoms with E-state index in [-0.39, 0.29) is 27.8 Å². The van der Waals surface area contributed by atoms with Gasteiger partial charge in [0.15, 0.2) is 11.8 Å². The number of nitrogens with zero attached hydrogens (tertiary/aromatic N) is 2. The number of esters is 1. The number of carbonyl (C=O) groups is 2. The third kappa shape index (κ3) is 5.43. The second-order valence-corrected chi connectivity index (χ2v) is 8.72. The summed E-state index contributed by atoms with van der Waals surface area (Å²) in [6, 6.07) is 17.3. The van der Waals surface area contributed by atoms with E-state index in [1.54, 1.807) is 49.4 Å². The smallest absolute Gasteiger partial charge is 0.338 e. The Bertz CT molecular complexity index is 1220. The maximum atomic E-state index is 13.1. The number of nitrogens with one attached hydrogen (secondary N) is 1. The Morgan fingerprint density at radius 2 is 1.81 bits per heavy atom. The number of pyridine rings is 1. The second-order valence-electron chi connectivity index (χ2n) is 6.50. The normalized spacial score (nSPS) is 10.9.